The second kappa shape index (κ2) is 45.0. The minimum atomic E-state index is -3.59. The molecular weight excluding hydrogens is 1820 g/mol. The molecule has 117 heavy (non-hydrogen) atoms. The Bertz CT molecular complexity index is 5460. The third kappa shape index (κ3) is 30.4. The number of imidazole rings is 1. The van der Waals surface area contributed by atoms with Gasteiger partial charge in [-0.25, -0.2) is 73.6 Å². The topological polar surface area (TPSA) is 387 Å². The van der Waals surface area contributed by atoms with Crippen LogP contribution in [0.1, 0.15) is 85.0 Å². The average molecular weight is 1900 g/mol. The molecule has 0 radical (unpaired) electrons. The number of H-pyrrole nitrogens is 1. The Hall–Kier alpha value is -10.2. The van der Waals surface area contributed by atoms with E-state index in [0.29, 0.717) is 119 Å². The van der Waals surface area contributed by atoms with Gasteiger partial charge in [0.1, 0.15) is 79.8 Å². The Kier molecular flexibility index (Phi) is 38.8. The number of ether oxygens (including phenoxy) is 8. The first-order chi connectivity index (χ1) is 53.7. The number of fused-ring (bicyclic) bond motifs is 1. The zero-order chi connectivity index (χ0) is 86.4. The monoisotopic (exact) mass is 1900 g/mol. The summed E-state index contributed by atoms with van der Waals surface area (Å²) >= 11 is 0. The average Bonchev–Trinajstić information content (AvgIpc) is 1.62. The molecule has 9 aromatic rings. The van der Waals surface area contributed by atoms with Crippen molar-refractivity contribution in [3.8, 4) is 46.0 Å². The first-order valence-electron chi connectivity index (χ1n) is 34.2. The van der Waals surface area contributed by atoms with Gasteiger partial charge in [-0.2, -0.15) is 4.39 Å². The smallest absolute Gasteiger partial charge is 0.327 e. The van der Waals surface area contributed by atoms with E-state index in [1.165, 1.54) is 27.6 Å². The molecule has 0 saturated carbocycles. The number of nitrogens with zero attached hydrogens (tertiary/aromatic N) is 3. The van der Waals surface area contributed by atoms with E-state index < -0.39 is 154 Å². The number of nitro benzene ring substituents is 2. The van der Waals surface area contributed by atoms with Gasteiger partial charge in [0.2, 0.25) is 5.82 Å². The molecule has 5 N–H and O–H groups in total. The summed E-state index contributed by atoms with van der Waals surface area (Å²) in [7, 11) is -7.64. The molecule has 1 aromatic heterocycles. The fourth-order valence-corrected chi connectivity index (χ4v) is 15.4. The van der Waals surface area contributed by atoms with Crippen LogP contribution in [-0.4, -0.2) is 156 Å². The predicted molar refractivity (Wildman–Crippen MR) is 419 cm³/mol. The van der Waals surface area contributed by atoms with Crippen molar-refractivity contribution in [3.05, 3.63) is 245 Å². The molecule has 27 nitrogen and oxygen atoms in total. The van der Waals surface area contributed by atoms with E-state index in [9.17, 15) is 98.2 Å². The molecule has 642 valence electrons. The van der Waals surface area contributed by atoms with Gasteiger partial charge in [0.25, 0.3) is 5.69 Å². The van der Waals surface area contributed by atoms with Crippen LogP contribution in [0.5, 0.6) is 46.0 Å². The van der Waals surface area contributed by atoms with Crippen LogP contribution >= 0.6 is 0 Å². The zero-order valence-electron chi connectivity index (χ0n) is 65.4. The molecule has 0 spiro atoms. The molecule has 0 unspecified atom stereocenters. The van der Waals surface area contributed by atoms with Gasteiger partial charge >= 0.3 is 11.4 Å². The summed E-state index contributed by atoms with van der Waals surface area (Å²) in [6, 6.07) is 23.1. The van der Waals surface area contributed by atoms with Crippen molar-refractivity contribution in [2.24, 2.45) is 5.73 Å². The van der Waals surface area contributed by atoms with Crippen molar-refractivity contribution in [1.82, 2.24) is 9.55 Å². The molecular formula is C76H88F9N6O21S4W-. The van der Waals surface area contributed by atoms with Crippen LogP contribution in [0.25, 0.3) is 11.0 Å². The van der Waals surface area contributed by atoms with Crippen molar-refractivity contribution < 1.29 is 142 Å². The van der Waals surface area contributed by atoms with Crippen LogP contribution in [-0.2, 0) is 73.3 Å². The van der Waals surface area contributed by atoms with Crippen LogP contribution in [0.2, 0.25) is 0 Å². The Labute approximate surface area is 684 Å². The summed E-state index contributed by atoms with van der Waals surface area (Å²) in [6.45, 7) is 8.77. The third-order valence-corrected chi connectivity index (χ3v) is 20.2. The number of methoxy groups -OCH3 is 4. The summed E-state index contributed by atoms with van der Waals surface area (Å²) in [4.78, 5) is 34.1. The van der Waals surface area contributed by atoms with Crippen molar-refractivity contribution in [1.29, 1.82) is 0 Å². The van der Waals surface area contributed by atoms with Gasteiger partial charge in [-0.05, 0) is 123 Å². The molecule has 0 fully saturated rings. The van der Waals surface area contributed by atoms with Gasteiger partial charge in [-0.1, -0.05) is 24.3 Å². The van der Waals surface area contributed by atoms with E-state index in [0.717, 1.165) is 41.5 Å². The Morgan fingerprint density at radius 2 is 0.769 bits per heavy atom. The SMILES string of the molecule is CCOc1cc([C@@H](CS(C)(=O)=O)n2c(=O)[nH]c3cc(F)cc(F)c32)ccc1OC.CCOc1cc([C@H](Cc2c(F)cc(F)cc2[N+](=O)[O-])CS(C)(=O)=O)ccc1OC.CCOc1cc([C@H](Cc2c(N)cc(F)cc2F)CS(C)(=O)=O)ccc1OC.CCOc1cc([C@H](N)CS(C)(=O)=O)ccc1OC.O=[N+]([O-])c1cc(F)cc(F)c1F.[CH3-].[W]. The molecule has 0 aliphatic carbocycles. The third-order valence-electron chi connectivity index (χ3n) is 16.3. The molecule has 0 saturated heterocycles. The van der Waals surface area contributed by atoms with Gasteiger partial charge in [-0.15, -0.1) is 0 Å². The number of benzene rings is 8. The number of nitrogens with one attached hydrogen (secondary N) is 1. The molecule has 0 aliphatic heterocycles. The van der Waals surface area contributed by atoms with Gasteiger partial charge in [0.15, 0.2) is 57.6 Å². The van der Waals surface area contributed by atoms with Gasteiger partial charge in [-0.3, -0.25) is 24.8 Å². The van der Waals surface area contributed by atoms with Gasteiger partial charge in [0, 0.05) is 99.5 Å². The van der Waals surface area contributed by atoms with Gasteiger partial charge < -0.3 is 61.8 Å². The first-order valence-corrected chi connectivity index (χ1v) is 42.4. The van der Waals surface area contributed by atoms with E-state index >= 15 is 0 Å². The van der Waals surface area contributed by atoms with Crippen LogP contribution in [0, 0.1) is 80.0 Å². The minimum Gasteiger partial charge on any atom is -0.493 e. The molecule has 9 rings (SSSR count). The number of aromatic amines is 1. The Morgan fingerprint density at radius 1 is 0.436 bits per heavy atom. The number of nitrogen functional groups attached to an aromatic ring is 1. The molecule has 41 heteroatoms. The summed E-state index contributed by atoms with van der Waals surface area (Å²) < 4.78 is 259. The van der Waals surface area contributed by atoms with Crippen molar-refractivity contribution in [3.63, 3.8) is 0 Å². The fourth-order valence-electron chi connectivity index (χ4n) is 11.5. The molecule has 0 bridgehead atoms. The summed E-state index contributed by atoms with van der Waals surface area (Å²) in [6.07, 6.45) is 4.00. The number of nitro groups is 2. The maximum absolute atomic E-state index is 14.5. The van der Waals surface area contributed by atoms with Crippen LogP contribution in [0.15, 0.2) is 126 Å². The maximum Gasteiger partial charge on any atom is 0.327 e. The Morgan fingerprint density at radius 3 is 1.15 bits per heavy atom. The number of nitrogens with two attached hydrogens (primary N) is 2. The molecule has 0 amide bonds. The predicted octanol–water partition coefficient (Wildman–Crippen LogP) is 13.2. The maximum atomic E-state index is 14.5. The largest absolute Gasteiger partial charge is 0.493 e. The van der Waals surface area contributed by atoms with Crippen LogP contribution < -0.4 is 55.1 Å². The van der Waals surface area contributed by atoms with Gasteiger partial charge in [0.05, 0.1) is 117 Å². The number of halogens is 9. The van der Waals surface area contributed by atoms with E-state index in [-0.39, 0.29) is 86.8 Å². The van der Waals surface area contributed by atoms with E-state index in [2.05, 4.69) is 4.98 Å². The standard InChI is InChI=1S/C19H20F2N2O5S.C19H21F2NO6S.C19H23F2NO4S.C12H19NO4S.C6H2F3NO2.CH3.W/c1-4-28-17-7-11(5-6-16(17)27-2)15(10-29(3,25)26)23-18-13(21)8-12(20)9-14(18)22-19(23)24;1-4-28-19-8-12(5-6-18(19)27-2)13(11-29(3,25)26)7-15-16(21)9-14(20)10-17(15)22(23)24;1-4-26-19-8-12(5-6-18(19)25-2)13(11-27(3,23)24)7-15-16(21)9-14(20)10-17(15)22;1-4-17-12-7-9(5-6-11(12)16-2)10(13)8-18(3,14)15;7-3-1-4(8)6(9)5(2-3)10(11)12;;/h5-9,15H,4,10H2,1-3H3,(H,22,24);5-6,8-10,13H,4,7,11H2,1-3H3;5-6,8-10,13H,4,7,11,22H2,1-3H3;5-7,10H,4,8,13H2,1-3H3;1-2H;1H3;/q;;;;;-1;/t15-;2*13-;10-;;;/m1111.../s1. The zero-order valence-corrected chi connectivity index (χ0v) is 71.6. The molecule has 1 heterocycles. The summed E-state index contributed by atoms with van der Waals surface area (Å²) in [5.41, 5.74) is 10.5. The van der Waals surface area contributed by atoms with Crippen LogP contribution in [0.3, 0.4) is 0 Å². The fraction of sp³-hybridized carbons (Fsp3) is 0.342. The number of sulfone groups is 4. The normalized spacial score (nSPS) is 12.2. The summed E-state index contributed by atoms with van der Waals surface area (Å²) in [5, 5.41) is 21.2. The number of hydrogen-bond donors (Lipinski definition) is 3. The van der Waals surface area contributed by atoms with Crippen molar-refractivity contribution in [2.45, 2.75) is 64.5 Å². The second-order valence-electron chi connectivity index (χ2n) is 25.3. The van der Waals surface area contributed by atoms with Crippen molar-refractivity contribution in [2.75, 3.05) is 109 Å². The number of aromatic nitrogens is 2. The quantitative estimate of drug-likeness (QED) is 0.00907. The Balaban J connectivity index is 0.000000387. The number of rotatable bonds is 31. The van der Waals surface area contributed by atoms with Crippen LogP contribution in [0.4, 0.5) is 56.6 Å². The minimum absolute atomic E-state index is 0. The van der Waals surface area contributed by atoms with Crippen molar-refractivity contribution >= 4 is 67.4 Å². The van der Waals surface area contributed by atoms with E-state index in [4.69, 9.17) is 49.4 Å². The molecule has 8 aromatic carbocycles. The van der Waals surface area contributed by atoms with E-state index in [1.807, 2.05) is 13.8 Å². The second-order valence-corrected chi connectivity index (χ2v) is 34.1. The first kappa shape index (κ1) is 101. The van der Waals surface area contributed by atoms with E-state index in [1.54, 1.807) is 93.8 Å². The number of anilines is 1. The number of hydrogen-bond acceptors (Lipinski definition) is 23. The summed E-state index contributed by atoms with van der Waals surface area (Å²) in [5.74, 6) is -8.89. The molecule has 0 aliphatic rings. The molecule has 4 atom stereocenters.